The summed E-state index contributed by atoms with van der Waals surface area (Å²) in [6.07, 6.45) is -0.717. The molecular weight excluding hydrogens is 445 g/mol. The molecule has 0 bridgehead atoms. The van der Waals surface area contributed by atoms with Gasteiger partial charge in [0.15, 0.2) is 29.1 Å². The Kier molecular flexibility index (Phi) is 5.81. The van der Waals surface area contributed by atoms with Crippen molar-refractivity contribution in [2.75, 3.05) is 19.9 Å². The molecule has 1 aliphatic rings. The molecule has 0 spiro atoms. The number of carbonyl (C=O) groups is 1. The lowest BCUT2D eigenvalue weighted by molar-refractivity contribution is -0.127. The Morgan fingerprint density at radius 3 is 2.79 bits per heavy atom. The van der Waals surface area contributed by atoms with Crippen LogP contribution in [0.15, 0.2) is 54.6 Å². The largest absolute Gasteiger partial charge is 0.481 e. The summed E-state index contributed by atoms with van der Waals surface area (Å²) in [5.74, 6) is 1.89. The number of nitrogens with zero attached hydrogens (tertiary/aromatic N) is 4. The first-order valence-corrected chi connectivity index (χ1v) is 10.5. The number of aromatic nitrogens is 4. The number of carbonyl (C=O) groups excluding carboxylic acids is 1. The highest BCUT2D eigenvalue weighted by atomic mass is 19.1. The predicted octanol–water partition coefficient (Wildman–Crippen LogP) is 2.62. The third-order valence-electron chi connectivity index (χ3n) is 5.02. The van der Waals surface area contributed by atoms with E-state index in [2.05, 4.69) is 20.6 Å². The van der Waals surface area contributed by atoms with E-state index in [0.717, 1.165) is 0 Å². The molecule has 174 valence electrons. The van der Waals surface area contributed by atoms with Crippen LogP contribution in [0.3, 0.4) is 0 Å². The maximum atomic E-state index is 13.2. The Labute approximate surface area is 193 Å². The second kappa shape index (κ2) is 9.22. The van der Waals surface area contributed by atoms with Crippen LogP contribution in [0.4, 0.5) is 4.39 Å². The van der Waals surface area contributed by atoms with Gasteiger partial charge in [0, 0.05) is 17.7 Å². The first-order valence-electron chi connectivity index (χ1n) is 10.5. The normalized spacial score (nSPS) is 13.0. The summed E-state index contributed by atoms with van der Waals surface area (Å²) in [6.45, 7) is 2.26. The zero-order valence-electron chi connectivity index (χ0n) is 18.1. The molecular formula is C23H20FN5O5. The van der Waals surface area contributed by atoms with Gasteiger partial charge in [-0.3, -0.25) is 4.79 Å². The molecule has 0 saturated carbocycles. The second-order valence-corrected chi connectivity index (χ2v) is 7.39. The van der Waals surface area contributed by atoms with Gasteiger partial charge in [-0.15, -0.1) is 15.3 Å². The van der Waals surface area contributed by atoms with E-state index < -0.39 is 6.10 Å². The van der Waals surface area contributed by atoms with Crippen molar-refractivity contribution in [3.05, 3.63) is 60.4 Å². The summed E-state index contributed by atoms with van der Waals surface area (Å²) in [5.41, 5.74) is 1.19. The van der Waals surface area contributed by atoms with Crippen molar-refractivity contribution < 1.29 is 28.1 Å². The fraction of sp³-hybridized carbons (Fsp3) is 0.217. The smallest absolute Gasteiger partial charge is 0.260 e. The van der Waals surface area contributed by atoms with Crippen LogP contribution in [0.5, 0.6) is 23.1 Å². The number of hydrogen-bond acceptors (Lipinski definition) is 8. The van der Waals surface area contributed by atoms with Crippen LogP contribution in [0.25, 0.3) is 17.0 Å². The first-order chi connectivity index (χ1) is 16.6. The van der Waals surface area contributed by atoms with Gasteiger partial charge >= 0.3 is 0 Å². The molecule has 34 heavy (non-hydrogen) atoms. The highest BCUT2D eigenvalue weighted by molar-refractivity contribution is 5.80. The number of nitrogens with one attached hydrogen (secondary N) is 1. The first kappa shape index (κ1) is 21.4. The van der Waals surface area contributed by atoms with Gasteiger partial charge in [0.1, 0.15) is 18.2 Å². The van der Waals surface area contributed by atoms with Crippen molar-refractivity contribution in [1.29, 1.82) is 0 Å². The Morgan fingerprint density at radius 1 is 1.12 bits per heavy atom. The SMILES string of the molecule is CC(Oc1ccc2c(c1)OCO2)C(=O)NCCOc1ccc2nnc(-c3ccc(F)cc3)n2n1. The molecule has 1 atom stereocenters. The average molecular weight is 465 g/mol. The lowest BCUT2D eigenvalue weighted by Gasteiger charge is -2.15. The Bertz CT molecular complexity index is 1330. The van der Waals surface area contributed by atoms with E-state index in [9.17, 15) is 9.18 Å². The van der Waals surface area contributed by atoms with E-state index in [1.54, 1.807) is 49.4 Å². The minimum absolute atomic E-state index is 0.168. The molecule has 1 amide bonds. The lowest BCUT2D eigenvalue weighted by Crippen LogP contribution is -2.38. The summed E-state index contributed by atoms with van der Waals surface area (Å²) < 4.78 is 36.6. The molecule has 11 heteroatoms. The van der Waals surface area contributed by atoms with Gasteiger partial charge in [-0.2, -0.15) is 4.52 Å². The molecule has 0 fully saturated rings. The zero-order valence-corrected chi connectivity index (χ0v) is 18.1. The van der Waals surface area contributed by atoms with Gasteiger partial charge in [-0.05, 0) is 49.4 Å². The summed E-state index contributed by atoms with van der Waals surface area (Å²) in [6, 6.07) is 14.4. The highest BCUT2D eigenvalue weighted by Crippen LogP contribution is 2.35. The predicted molar refractivity (Wildman–Crippen MR) is 117 cm³/mol. The molecule has 1 N–H and O–H groups in total. The van der Waals surface area contributed by atoms with Crippen molar-refractivity contribution in [2.24, 2.45) is 0 Å². The van der Waals surface area contributed by atoms with E-state index in [-0.39, 0.29) is 31.7 Å². The summed E-state index contributed by atoms with van der Waals surface area (Å²) >= 11 is 0. The Morgan fingerprint density at radius 2 is 1.94 bits per heavy atom. The fourth-order valence-electron chi connectivity index (χ4n) is 3.31. The minimum atomic E-state index is -0.717. The molecule has 0 saturated heterocycles. The van der Waals surface area contributed by atoms with Gasteiger partial charge in [-0.1, -0.05) is 0 Å². The van der Waals surface area contributed by atoms with Crippen molar-refractivity contribution in [1.82, 2.24) is 25.1 Å². The summed E-state index contributed by atoms with van der Waals surface area (Å²) in [5, 5.41) is 15.3. The van der Waals surface area contributed by atoms with Crippen LogP contribution < -0.4 is 24.3 Å². The lowest BCUT2D eigenvalue weighted by atomic mass is 10.2. The van der Waals surface area contributed by atoms with E-state index in [0.29, 0.717) is 40.2 Å². The fourth-order valence-corrected chi connectivity index (χ4v) is 3.31. The molecule has 4 aromatic rings. The van der Waals surface area contributed by atoms with Gasteiger partial charge in [-0.25, -0.2) is 4.39 Å². The summed E-state index contributed by atoms with van der Waals surface area (Å²) in [4.78, 5) is 12.3. The standard InChI is InChI=1S/C23H20FN5O5/c1-14(34-17-6-7-18-19(12-17)33-13-32-18)23(30)25-10-11-31-21-9-8-20-26-27-22(29(20)28-21)15-2-4-16(24)5-3-15/h2-9,12,14H,10-11,13H2,1H3,(H,25,30). The van der Waals surface area contributed by atoms with Gasteiger partial charge in [0.25, 0.3) is 5.91 Å². The average Bonchev–Trinajstić information content (AvgIpc) is 3.48. The molecule has 2 aromatic heterocycles. The molecule has 2 aromatic carbocycles. The Balaban J connectivity index is 1.14. The minimum Gasteiger partial charge on any atom is -0.481 e. The monoisotopic (exact) mass is 465 g/mol. The van der Waals surface area contributed by atoms with E-state index >= 15 is 0 Å². The topological polar surface area (TPSA) is 109 Å². The molecule has 5 rings (SSSR count). The van der Waals surface area contributed by atoms with Gasteiger partial charge < -0.3 is 24.3 Å². The van der Waals surface area contributed by atoms with Crippen LogP contribution in [0.1, 0.15) is 6.92 Å². The maximum absolute atomic E-state index is 13.2. The third-order valence-corrected chi connectivity index (χ3v) is 5.02. The number of benzene rings is 2. The van der Waals surface area contributed by atoms with Crippen LogP contribution >= 0.6 is 0 Å². The van der Waals surface area contributed by atoms with Crippen LogP contribution in [-0.4, -0.2) is 51.8 Å². The van der Waals surface area contributed by atoms with Crippen molar-refractivity contribution in [3.63, 3.8) is 0 Å². The summed E-state index contributed by atoms with van der Waals surface area (Å²) in [7, 11) is 0. The molecule has 1 unspecified atom stereocenters. The Hall–Kier alpha value is -4.41. The molecule has 1 aliphatic heterocycles. The van der Waals surface area contributed by atoms with Crippen molar-refractivity contribution >= 4 is 11.6 Å². The number of fused-ring (bicyclic) bond motifs is 2. The van der Waals surface area contributed by atoms with Crippen LogP contribution in [0, 0.1) is 5.82 Å². The molecule has 10 nitrogen and oxygen atoms in total. The van der Waals surface area contributed by atoms with Gasteiger partial charge in [0.2, 0.25) is 12.7 Å². The highest BCUT2D eigenvalue weighted by Gasteiger charge is 2.18. The van der Waals surface area contributed by atoms with Crippen molar-refractivity contribution in [3.8, 4) is 34.5 Å². The number of halogens is 1. The molecule has 0 radical (unpaired) electrons. The quantitative estimate of drug-likeness (QED) is 0.396. The number of ether oxygens (including phenoxy) is 4. The zero-order chi connectivity index (χ0) is 23.5. The second-order valence-electron chi connectivity index (χ2n) is 7.39. The maximum Gasteiger partial charge on any atom is 0.260 e. The number of rotatable bonds is 8. The van der Waals surface area contributed by atoms with Gasteiger partial charge in [0.05, 0.1) is 6.54 Å². The van der Waals surface area contributed by atoms with E-state index in [1.807, 2.05) is 0 Å². The number of amides is 1. The number of hydrogen-bond donors (Lipinski definition) is 1. The van der Waals surface area contributed by atoms with E-state index in [1.165, 1.54) is 16.6 Å². The van der Waals surface area contributed by atoms with Crippen LogP contribution in [0.2, 0.25) is 0 Å². The van der Waals surface area contributed by atoms with E-state index in [4.69, 9.17) is 18.9 Å². The third kappa shape index (κ3) is 4.53. The molecule has 3 heterocycles. The molecule has 0 aliphatic carbocycles. The van der Waals surface area contributed by atoms with Crippen LogP contribution in [-0.2, 0) is 4.79 Å². The van der Waals surface area contributed by atoms with Crippen molar-refractivity contribution in [2.45, 2.75) is 13.0 Å².